The van der Waals surface area contributed by atoms with E-state index in [4.69, 9.17) is 4.74 Å². The normalized spacial score (nSPS) is 19.6. The fraction of sp³-hybridized carbons (Fsp3) is 0.435. The Labute approximate surface area is 162 Å². The number of nitrogens with zero attached hydrogens (tertiary/aromatic N) is 1. The van der Waals surface area contributed by atoms with E-state index in [-0.39, 0.29) is 11.9 Å². The van der Waals surface area contributed by atoms with Crippen LogP contribution in [0.2, 0.25) is 0 Å². The van der Waals surface area contributed by atoms with Crippen LogP contribution in [0.25, 0.3) is 0 Å². The summed E-state index contributed by atoms with van der Waals surface area (Å²) in [6, 6.07) is 20.0. The Morgan fingerprint density at radius 1 is 1.11 bits per heavy atom. The van der Waals surface area contributed by atoms with Crippen LogP contribution in [0.4, 0.5) is 0 Å². The van der Waals surface area contributed by atoms with Crippen LogP contribution >= 0.6 is 0 Å². The maximum atomic E-state index is 13.7. The van der Waals surface area contributed by atoms with E-state index in [1.54, 1.807) is 0 Å². The van der Waals surface area contributed by atoms with E-state index < -0.39 is 5.54 Å². The lowest BCUT2D eigenvalue weighted by atomic mass is 9.78. The van der Waals surface area contributed by atoms with Crippen molar-refractivity contribution in [3.63, 3.8) is 0 Å². The third-order valence-electron chi connectivity index (χ3n) is 5.54. The van der Waals surface area contributed by atoms with E-state index in [1.807, 2.05) is 62.6 Å². The van der Waals surface area contributed by atoms with Gasteiger partial charge in [0.1, 0.15) is 0 Å². The van der Waals surface area contributed by atoms with Crippen LogP contribution in [0.3, 0.4) is 0 Å². The van der Waals surface area contributed by atoms with Crippen molar-refractivity contribution in [3.8, 4) is 0 Å². The summed E-state index contributed by atoms with van der Waals surface area (Å²) < 4.78 is 5.90. The SMILES string of the molecule is CN(C)C(CCC1CNCCO1)(Cc1ccccc1)C(=O)c1ccccc1. The summed E-state index contributed by atoms with van der Waals surface area (Å²) in [4.78, 5) is 15.8. The number of benzene rings is 2. The number of hydrogen-bond acceptors (Lipinski definition) is 4. The van der Waals surface area contributed by atoms with E-state index >= 15 is 0 Å². The maximum absolute atomic E-state index is 13.7. The summed E-state index contributed by atoms with van der Waals surface area (Å²) in [6.45, 7) is 2.50. The second kappa shape index (κ2) is 9.27. The number of ether oxygens (including phenoxy) is 1. The molecule has 0 aromatic heterocycles. The first-order valence-electron chi connectivity index (χ1n) is 9.75. The number of carbonyl (C=O) groups excluding carboxylic acids is 1. The number of nitrogens with one attached hydrogen (secondary N) is 1. The zero-order chi connectivity index (χ0) is 19.1. The molecule has 0 saturated carbocycles. The number of carbonyl (C=O) groups is 1. The molecular weight excluding hydrogens is 336 g/mol. The average Bonchev–Trinajstić information content (AvgIpc) is 2.72. The topological polar surface area (TPSA) is 41.6 Å². The predicted molar refractivity (Wildman–Crippen MR) is 109 cm³/mol. The lowest BCUT2D eigenvalue weighted by molar-refractivity contribution is 0.0109. The van der Waals surface area contributed by atoms with Gasteiger partial charge in [-0.05, 0) is 38.9 Å². The van der Waals surface area contributed by atoms with Gasteiger partial charge >= 0.3 is 0 Å². The van der Waals surface area contributed by atoms with Gasteiger partial charge in [0, 0.05) is 18.7 Å². The highest BCUT2D eigenvalue weighted by Crippen LogP contribution is 2.30. The molecule has 1 fully saturated rings. The minimum absolute atomic E-state index is 0.164. The Balaban J connectivity index is 1.90. The van der Waals surface area contributed by atoms with Crippen molar-refractivity contribution < 1.29 is 9.53 Å². The Kier molecular flexibility index (Phi) is 6.78. The van der Waals surface area contributed by atoms with E-state index in [0.29, 0.717) is 6.42 Å². The molecule has 2 aromatic rings. The first-order valence-corrected chi connectivity index (χ1v) is 9.75. The van der Waals surface area contributed by atoms with Gasteiger partial charge in [0.15, 0.2) is 5.78 Å². The van der Waals surface area contributed by atoms with Crippen molar-refractivity contribution in [1.29, 1.82) is 0 Å². The fourth-order valence-electron chi connectivity index (χ4n) is 3.86. The van der Waals surface area contributed by atoms with E-state index in [9.17, 15) is 4.79 Å². The summed E-state index contributed by atoms with van der Waals surface area (Å²) in [5.41, 5.74) is 1.35. The summed E-state index contributed by atoms with van der Waals surface area (Å²) in [5, 5.41) is 3.39. The zero-order valence-corrected chi connectivity index (χ0v) is 16.4. The standard InChI is InChI=1S/C23H30N2O2/c1-25(2)23(17-19-9-5-3-6-10-19,14-13-21-18-24-15-16-27-21)22(26)20-11-7-4-8-12-20/h3-12,21,24H,13-18H2,1-2H3. The molecule has 3 rings (SSSR count). The van der Waals surface area contributed by atoms with Crippen molar-refractivity contribution in [2.45, 2.75) is 30.9 Å². The smallest absolute Gasteiger partial charge is 0.183 e. The van der Waals surface area contributed by atoms with E-state index in [1.165, 1.54) is 5.56 Å². The van der Waals surface area contributed by atoms with Gasteiger partial charge in [-0.15, -0.1) is 0 Å². The number of likely N-dealkylation sites (N-methyl/N-ethyl adjacent to an activating group) is 1. The molecular formula is C23H30N2O2. The number of rotatable bonds is 8. The highest BCUT2D eigenvalue weighted by molar-refractivity contribution is 6.03. The molecule has 0 amide bonds. The van der Waals surface area contributed by atoms with Crippen molar-refractivity contribution in [3.05, 3.63) is 71.8 Å². The fourth-order valence-corrected chi connectivity index (χ4v) is 3.86. The van der Waals surface area contributed by atoms with Gasteiger partial charge in [-0.2, -0.15) is 0 Å². The minimum Gasteiger partial charge on any atom is -0.376 e. The lowest BCUT2D eigenvalue weighted by Crippen LogP contribution is -2.54. The van der Waals surface area contributed by atoms with Crippen LogP contribution in [-0.4, -0.2) is 56.1 Å². The summed E-state index contributed by atoms with van der Waals surface area (Å²) >= 11 is 0. The van der Waals surface area contributed by atoms with Gasteiger partial charge in [-0.1, -0.05) is 60.7 Å². The van der Waals surface area contributed by atoms with Crippen molar-refractivity contribution in [2.75, 3.05) is 33.8 Å². The van der Waals surface area contributed by atoms with Crippen LogP contribution in [0.1, 0.15) is 28.8 Å². The number of ketones is 1. The molecule has 0 bridgehead atoms. The molecule has 2 atom stereocenters. The summed E-state index contributed by atoms with van der Waals surface area (Å²) in [5.74, 6) is 0.181. The molecule has 144 valence electrons. The van der Waals surface area contributed by atoms with Gasteiger partial charge < -0.3 is 10.1 Å². The molecule has 0 aliphatic carbocycles. The average molecular weight is 367 g/mol. The second-order valence-corrected chi connectivity index (χ2v) is 7.52. The molecule has 1 saturated heterocycles. The molecule has 1 aliphatic rings. The third kappa shape index (κ3) is 4.83. The second-order valence-electron chi connectivity index (χ2n) is 7.52. The largest absolute Gasteiger partial charge is 0.376 e. The van der Waals surface area contributed by atoms with Gasteiger partial charge in [0.05, 0.1) is 18.2 Å². The quantitative estimate of drug-likeness (QED) is 0.729. The first-order chi connectivity index (χ1) is 13.1. The van der Waals surface area contributed by atoms with E-state index in [0.717, 1.165) is 38.1 Å². The van der Waals surface area contributed by atoms with Crippen LogP contribution < -0.4 is 5.32 Å². The molecule has 0 spiro atoms. The molecule has 2 aromatic carbocycles. The Morgan fingerprint density at radius 2 is 1.78 bits per heavy atom. The zero-order valence-electron chi connectivity index (χ0n) is 16.4. The number of morpholine rings is 1. The van der Waals surface area contributed by atoms with Gasteiger partial charge in [0.25, 0.3) is 0 Å². The maximum Gasteiger partial charge on any atom is 0.183 e. The molecule has 1 N–H and O–H groups in total. The van der Waals surface area contributed by atoms with Crippen LogP contribution in [-0.2, 0) is 11.2 Å². The highest BCUT2D eigenvalue weighted by Gasteiger charge is 2.41. The molecule has 4 heteroatoms. The number of hydrogen-bond donors (Lipinski definition) is 1. The third-order valence-corrected chi connectivity index (χ3v) is 5.54. The molecule has 0 radical (unpaired) electrons. The Morgan fingerprint density at radius 3 is 2.37 bits per heavy atom. The lowest BCUT2D eigenvalue weighted by Gasteiger charge is -2.40. The highest BCUT2D eigenvalue weighted by atomic mass is 16.5. The molecule has 1 aliphatic heterocycles. The summed E-state index contributed by atoms with van der Waals surface area (Å²) in [6.07, 6.45) is 2.47. The summed E-state index contributed by atoms with van der Waals surface area (Å²) in [7, 11) is 4.04. The van der Waals surface area contributed by atoms with Gasteiger partial charge in [-0.25, -0.2) is 0 Å². The molecule has 4 nitrogen and oxygen atoms in total. The molecule has 2 unspecified atom stereocenters. The molecule has 27 heavy (non-hydrogen) atoms. The van der Waals surface area contributed by atoms with Gasteiger partial charge in [0.2, 0.25) is 0 Å². The van der Waals surface area contributed by atoms with Crippen molar-refractivity contribution in [2.24, 2.45) is 0 Å². The monoisotopic (exact) mass is 366 g/mol. The van der Waals surface area contributed by atoms with Crippen LogP contribution in [0.15, 0.2) is 60.7 Å². The van der Waals surface area contributed by atoms with Crippen molar-refractivity contribution >= 4 is 5.78 Å². The Hall–Kier alpha value is -2.01. The number of Topliss-reactive ketones (excluding diaryl/α,β-unsaturated/α-hetero) is 1. The van der Waals surface area contributed by atoms with Gasteiger partial charge in [-0.3, -0.25) is 9.69 Å². The minimum atomic E-state index is -0.594. The molecule has 1 heterocycles. The Bertz CT molecular complexity index is 712. The van der Waals surface area contributed by atoms with Crippen LogP contribution in [0.5, 0.6) is 0 Å². The van der Waals surface area contributed by atoms with Crippen LogP contribution in [0, 0.1) is 0 Å². The predicted octanol–water partition coefficient (Wildman–Crippen LogP) is 3.18. The van der Waals surface area contributed by atoms with Crippen molar-refractivity contribution in [1.82, 2.24) is 10.2 Å². The van der Waals surface area contributed by atoms with E-state index in [2.05, 4.69) is 22.3 Å². The first kappa shape index (κ1) is 19.7.